The normalized spacial score (nSPS) is 16.5. The van der Waals surface area contributed by atoms with Crippen LogP contribution in [0.1, 0.15) is 35.1 Å². The van der Waals surface area contributed by atoms with E-state index in [1.165, 1.54) is 0 Å². The Kier molecular flexibility index (Phi) is 4.58. The Hall–Kier alpha value is -3.22. The third-order valence-corrected chi connectivity index (χ3v) is 4.76. The topological polar surface area (TPSA) is 75.4 Å². The third-order valence-electron chi connectivity index (χ3n) is 4.76. The van der Waals surface area contributed by atoms with Gasteiger partial charge in [-0.25, -0.2) is 0 Å². The lowest BCUT2D eigenvalue weighted by atomic mass is 10.1. The van der Waals surface area contributed by atoms with Crippen molar-refractivity contribution in [1.82, 2.24) is 20.1 Å². The fourth-order valence-corrected chi connectivity index (χ4v) is 3.32. The first-order valence-corrected chi connectivity index (χ1v) is 8.95. The highest BCUT2D eigenvalue weighted by Crippen LogP contribution is 2.34. The van der Waals surface area contributed by atoms with E-state index in [0.717, 1.165) is 24.1 Å². The van der Waals surface area contributed by atoms with Gasteiger partial charge in [-0.05, 0) is 43.2 Å². The van der Waals surface area contributed by atoms with E-state index >= 15 is 0 Å². The van der Waals surface area contributed by atoms with Gasteiger partial charge in [0.25, 0.3) is 5.91 Å². The van der Waals surface area contributed by atoms with E-state index in [-0.39, 0.29) is 11.9 Å². The zero-order valence-electron chi connectivity index (χ0n) is 15.4. The maximum Gasteiger partial charge on any atom is 0.254 e. The van der Waals surface area contributed by atoms with Crippen LogP contribution in [0.4, 0.5) is 5.69 Å². The molecule has 0 spiro atoms. The summed E-state index contributed by atoms with van der Waals surface area (Å²) in [4.78, 5) is 21.0. The van der Waals surface area contributed by atoms with Gasteiger partial charge in [0, 0.05) is 44.3 Å². The summed E-state index contributed by atoms with van der Waals surface area (Å²) >= 11 is 0. The van der Waals surface area contributed by atoms with Gasteiger partial charge < -0.3 is 14.2 Å². The van der Waals surface area contributed by atoms with Gasteiger partial charge in [0.15, 0.2) is 0 Å². The number of anilines is 1. The maximum absolute atomic E-state index is 13.1. The largest absolute Gasteiger partial charge is 0.418 e. The fourth-order valence-electron chi connectivity index (χ4n) is 3.32. The summed E-state index contributed by atoms with van der Waals surface area (Å²) in [6, 6.07) is 11.1. The molecule has 0 bridgehead atoms. The van der Waals surface area contributed by atoms with Crippen molar-refractivity contribution >= 4 is 11.6 Å². The Bertz CT molecular complexity index is 938. The van der Waals surface area contributed by atoms with Crippen LogP contribution in [0.15, 0.2) is 53.2 Å². The van der Waals surface area contributed by atoms with E-state index in [1.807, 2.05) is 60.3 Å². The minimum atomic E-state index is -0.196. The predicted octanol–water partition coefficient (Wildman–Crippen LogP) is 3.17. The van der Waals surface area contributed by atoms with Gasteiger partial charge in [0.1, 0.15) is 6.04 Å². The van der Waals surface area contributed by atoms with E-state index in [4.69, 9.17) is 4.42 Å². The third kappa shape index (κ3) is 3.40. The Balaban J connectivity index is 1.58. The number of pyridine rings is 1. The van der Waals surface area contributed by atoms with Crippen LogP contribution in [0, 0.1) is 0 Å². The van der Waals surface area contributed by atoms with E-state index in [1.54, 1.807) is 12.4 Å². The van der Waals surface area contributed by atoms with Crippen molar-refractivity contribution in [2.24, 2.45) is 0 Å². The van der Waals surface area contributed by atoms with Gasteiger partial charge in [0.05, 0.1) is 5.56 Å². The Morgan fingerprint density at radius 1 is 1.22 bits per heavy atom. The van der Waals surface area contributed by atoms with Crippen molar-refractivity contribution in [3.63, 3.8) is 0 Å². The molecule has 1 amide bonds. The molecular formula is C20H21N5O2. The summed E-state index contributed by atoms with van der Waals surface area (Å²) in [5.74, 6) is 0.887. The Morgan fingerprint density at radius 2 is 2.11 bits per heavy atom. The monoisotopic (exact) mass is 363 g/mol. The fraction of sp³-hybridized carbons (Fsp3) is 0.300. The lowest BCUT2D eigenvalue weighted by Gasteiger charge is -2.23. The molecule has 0 radical (unpaired) electrons. The summed E-state index contributed by atoms with van der Waals surface area (Å²) in [6.07, 6.45) is 5.10. The van der Waals surface area contributed by atoms with Crippen LogP contribution in [-0.2, 0) is 0 Å². The molecule has 1 aliphatic rings. The molecule has 1 saturated heterocycles. The van der Waals surface area contributed by atoms with Crippen LogP contribution in [0.2, 0.25) is 0 Å². The molecule has 3 heterocycles. The molecule has 2 aromatic heterocycles. The highest BCUT2D eigenvalue weighted by Gasteiger charge is 2.34. The smallest absolute Gasteiger partial charge is 0.254 e. The Morgan fingerprint density at radius 3 is 2.89 bits per heavy atom. The number of benzene rings is 1. The number of rotatable bonds is 4. The lowest BCUT2D eigenvalue weighted by molar-refractivity contribution is 0.0716. The predicted molar refractivity (Wildman–Crippen MR) is 101 cm³/mol. The average molecular weight is 363 g/mol. The molecule has 1 unspecified atom stereocenters. The number of hydrogen-bond donors (Lipinski definition) is 0. The maximum atomic E-state index is 13.1. The van der Waals surface area contributed by atoms with Gasteiger partial charge in [0.2, 0.25) is 11.8 Å². The average Bonchev–Trinajstić information content (AvgIpc) is 3.37. The molecule has 7 heteroatoms. The highest BCUT2D eigenvalue weighted by atomic mass is 16.4. The first-order valence-electron chi connectivity index (χ1n) is 8.95. The SMILES string of the molecule is CN(C)c1cccc(C(=O)N2CCCC2c2nnc(-c3cccnc3)o2)c1. The van der Waals surface area contributed by atoms with E-state index in [0.29, 0.717) is 23.9 Å². The van der Waals surface area contributed by atoms with Crippen molar-refractivity contribution in [3.8, 4) is 11.5 Å². The minimum Gasteiger partial charge on any atom is -0.418 e. The van der Waals surface area contributed by atoms with E-state index in [9.17, 15) is 4.79 Å². The molecule has 0 saturated carbocycles. The van der Waals surface area contributed by atoms with Crippen LogP contribution >= 0.6 is 0 Å². The molecule has 1 fully saturated rings. The molecule has 3 aromatic rings. The number of likely N-dealkylation sites (tertiary alicyclic amines) is 1. The van der Waals surface area contributed by atoms with Crippen molar-refractivity contribution in [3.05, 3.63) is 60.2 Å². The number of aromatic nitrogens is 3. The zero-order chi connectivity index (χ0) is 18.8. The lowest BCUT2D eigenvalue weighted by Crippen LogP contribution is -2.30. The second kappa shape index (κ2) is 7.19. The molecule has 1 atom stereocenters. The van der Waals surface area contributed by atoms with Gasteiger partial charge >= 0.3 is 0 Å². The van der Waals surface area contributed by atoms with Crippen molar-refractivity contribution < 1.29 is 9.21 Å². The number of carbonyl (C=O) groups is 1. The van der Waals surface area contributed by atoms with Gasteiger partial charge in [-0.2, -0.15) is 0 Å². The summed E-state index contributed by atoms with van der Waals surface area (Å²) < 4.78 is 5.87. The quantitative estimate of drug-likeness (QED) is 0.709. The van der Waals surface area contributed by atoms with Crippen molar-refractivity contribution in [1.29, 1.82) is 0 Å². The summed E-state index contributed by atoms with van der Waals surface area (Å²) in [5.41, 5.74) is 2.43. The van der Waals surface area contributed by atoms with Crippen LogP contribution in [0.5, 0.6) is 0 Å². The summed E-state index contributed by atoms with van der Waals surface area (Å²) in [6.45, 7) is 0.681. The number of nitrogens with zero attached hydrogens (tertiary/aromatic N) is 5. The molecule has 138 valence electrons. The Labute approximate surface area is 157 Å². The highest BCUT2D eigenvalue weighted by molar-refractivity contribution is 5.95. The molecule has 0 N–H and O–H groups in total. The summed E-state index contributed by atoms with van der Waals surface area (Å²) in [5, 5.41) is 8.33. The van der Waals surface area contributed by atoms with Crippen LogP contribution in [-0.4, -0.2) is 46.6 Å². The van der Waals surface area contributed by atoms with Crippen LogP contribution in [0.3, 0.4) is 0 Å². The molecular weight excluding hydrogens is 342 g/mol. The molecule has 4 rings (SSSR count). The van der Waals surface area contributed by atoms with Crippen molar-refractivity contribution in [2.75, 3.05) is 25.5 Å². The summed E-state index contributed by atoms with van der Waals surface area (Å²) in [7, 11) is 3.92. The zero-order valence-corrected chi connectivity index (χ0v) is 15.4. The van der Waals surface area contributed by atoms with Gasteiger partial charge in [-0.3, -0.25) is 9.78 Å². The molecule has 0 aliphatic carbocycles. The first kappa shape index (κ1) is 17.2. The standard InChI is InChI=1S/C20H21N5O2/c1-24(2)16-8-3-6-14(12-16)20(26)25-11-5-9-17(25)19-23-22-18(27-19)15-7-4-10-21-13-15/h3-4,6-8,10,12-13,17H,5,9,11H2,1-2H3. The second-order valence-corrected chi connectivity index (χ2v) is 6.79. The number of carbonyl (C=O) groups excluding carboxylic acids is 1. The number of amides is 1. The first-order chi connectivity index (χ1) is 13.1. The molecule has 1 aliphatic heterocycles. The minimum absolute atomic E-state index is 0.0117. The molecule has 7 nitrogen and oxygen atoms in total. The molecule has 1 aromatic carbocycles. The number of hydrogen-bond acceptors (Lipinski definition) is 6. The van der Waals surface area contributed by atoms with Crippen LogP contribution < -0.4 is 4.90 Å². The van der Waals surface area contributed by atoms with Gasteiger partial charge in [-0.1, -0.05) is 6.07 Å². The van der Waals surface area contributed by atoms with Crippen molar-refractivity contribution in [2.45, 2.75) is 18.9 Å². The van der Waals surface area contributed by atoms with E-state index in [2.05, 4.69) is 15.2 Å². The van der Waals surface area contributed by atoms with Gasteiger partial charge in [-0.15, -0.1) is 10.2 Å². The second-order valence-electron chi connectivity index (χ2n) is 6.79. The van der Waals surface area contributed by atoms with Crippen LogP contribution in [0.25, 0.3) is 11.5 Å². The molecule has 27 heavy (non-hydrogen) atoms. The van der Waals surface area contributed by atoms with E-state index < -0.39 is 0 Å².